The van der Waals surface area contributed by atoms with Crippen LogP contribution in [0.25, 0.3) is 43.8 Å². The van der Waals surface area contributed by atoms with Crippen molar-refractivity contribution in [3.8, 4) is 11.1 Å². The average Bonchev–Trinajstić information content (AvgIpc) is 4.07. The summed E-state index contributed by atoms with van der Waals surface area (Å²) in [6.45, 7) is 0. The fraction of sp³-hybridized carbons (Fsp3) is 0.119. The van der Waals surface area contributed by atoms with Crippen molar-refractivity contribution in [1.29, 1.82) is 0 Å². The number of furan rings is 1. The van der Waals surface area contributed by atoms with Gasteiger partial charge in [0.15, 0.2) is 0 Å². The molecule has 9 aromatic carbocycles. The lowest BCUT2D eigenvalue weighted by atomic mass is 9.68. The normalized spacial score (nSPS) is 18.5. The van der Waals surface area contributed by atoms with Gasteiger partial charge in [0.05, 0.1) is 11.4 Å². The summed E-state index contributed by atoms with van der Waals surface area (Å²) in [4.78, 5) is 5.06. The predicted octanol–water partition coefficient (Wildman–Crippen LogP) is 15.8. The Morgan fingerprint density at radius 2 is 0.919 bits per heavy atom. The highest BCUT2D eigenvalue weighted by Crippen LogP contribution is 2.68. The number of fused-ring (bicyclic) bond motifs is 6. The maximum atomic E-state index is 6.60. The summed E-state index contributed by atoms with van der Waals surface area (Å²) in [5, 5.41) is 4.80. The highest BCUT2D eigenvalue weighted by Gasteiger charge is 2.62. The minimum Gasteiger partial charge on any atom is -0.456 e. The van der Waals surface area contributed by atoms with Crippen molar-refractivity contribution in [3.05, 3.63) is 229 Å². The Kier molecular flexibility index (Phi) is 7.90. The van der Waals surface area contributed by atoms with Crippen LogP contribution in [0.5, 0.6) is 0 Å². The molecule has 0 N–H and O–H groups in total. The highest BCUT2D eigenvalue weighted by molar-refractivity contribution is 6.06. The second-order valence-electron chi connectivity index (χ2n) is 17.6. The second kappa shape index (κ2) is 13.8. The van der Waals surface area contributed by atoms with Crippen molar-refractivity contribution in [2.75, 3.05) is 9.80 Å². The molecule has 3 unspecified atom stereocenters. The van der Waals surface area contributed by atoms with E-state index in [0.29, 0.717) is 11.8 Å². The van der Waals surface area contributed by atoms with E-state index in [0.717, 1.165) is 46.2 Å². The zero-order valence-electron chi connectivity index (χ0n) is 34.4. The van der Waals surface area contributed by atoms with Crippen molar-refractivity contribution in [2.45, 2.75) is 31.1 Å². The molecule has 296 valence electrons. The molecule has 1 spiro atoms. The molecule has 0 radical (unpaired) electrons. The average molecular weight is 797 g/mol. The zero-order chi connectivity index (χ0) is 40.8. The van der Waals surface area contributed by atoms with Gasteiger partial charge in [0, 0.05) is 45.0 Å². The molecule has 3 aliphatic rings. The lowest BCUT2D eigenvalue weighted by Gasteiger charge is -2.40. The van der Waals surface area contributed by atoms with Crippen molar-refractivity contribution in [1.82, 2.24) is 0 Å². The first kappa shape index (κ1) is 35.4. The molecule has 0 saturated heterocycles. The van der Waals surface area contributed by atoms with Gasteiger partial charge in [-0.3, -0.25) is 0 Å². The molecule has 0 aliphatic heterocycles. The minimum absolute atomic E-state index is 0.146. The lowest BCUT2D eigenvalue weighted by Crippen LogP contribution is -2.34. The van der Waals surface area contributed by atoms with Crippen LogP contribution in [0.4, 0.5) is 34.1 Å². The number of anilines is 6. The van der Waals surface area contributed by atoms with Gasteiger partial charge in [-0.25, -0.2) is 0 Å². The first-order valence-electron chi connectivity index (χ1n) is 22.2. The summed E-state index contributed by atoms with van der Waals surface area (Å²) >= 11 is 0. The van der Waals surface area contributed by atoms with Gasteiger partial charge in [-0.2, -0.15) is 0 Å². The SMILES string of the molecule is c1ccc(N(c2ccccc2)c2cccc3c2C24c5c(cccc5N(c5ccc(-c6ccc7ccccc7c6)cc5)c5ccc6c(c5)oc5ccccc56)CC2CCC4C3)cc1. The summed E-state index contributed by atoms with van der Waals surface area (Å²) in [6.07, 6.45) is 4.64. The van der Waals surface area contributed by atoms with E-state index >= 15 is 0 Å². The van der Waals surface area contributed by atoms with Crippen LogP contribution in [0.15, 0.2) is 211 Å². The topological polar surface area (TPSA) is 19.6 Å². The van der Waals surface area contributed by atoms with Gasteiger partial charge in [0.25, 0.3) is 0 Å². The molecule has 62 heavy (non-hydrogen) atoms. The smallest absolute Gasteiger partial charge is 0.137 e. The molecule has 3 nitrogen and oxygen atoms in total. The summed E-state index contributed by atoms with van der Waals surface area (Å²) in [6, 6.07) is 76.1. The van der Waals surface area contributed by atoms with Crippen LogP contribution in [-0.4, -0.2) is 0 Å². The van der Waals surface area contributed by atoms with Crippen LogP contribution in [0.2, 0.25) is 0 Å². The Labute approximate surface area is 362 Å². The number of hydrogen-bond donors (Lipinski definition) is 0. The quantitative estimate of drug-likeness (QED) is 0.160. The molecule has 3 heteroatoms. The third-order valence-corrected chi connectivity index (χ3v) is 14.5. The third kappa shape index (κ3) is 5.24. The number of hydrogen-bond acceptors (Lipinski definition) is 3. The fourth-order valence-corrected chi connectivity index (χ4v) is 12.1. The molecule has 13 rings (SSSR count). The highest BCUT2D eigenvalue weighted by atomic mass is 16.3. The van der Waals surface area contributed by atoms with Gasteiger partial charge in [0.1, 0.15) is 11.2 Å². The Hall–Kier alpha value is -7.36. The number of para-hydroxylation sites is 3. The van der Waals surface area contributed by atoms with Crippen LogP contribution in [-0.2, 0) is 18.3 Å². The molecule has 10 aromatic rings. The van der Waals surface area contributed by atoms with Crippen molar-refractivity contribution < 1.29 is 4.42 Å². The minimum atomic E-state index is -0.146. The molecule has 1 aromatic heterocycles. The fourth-order valence-electron chi connectivity index (χ4n) is 12.1. The molecule has 1 heterocycles. The third-order valence-electron chi connectivity index (χ3n) is 14.5. The lowest BCUT2D eigenvalue weighted by molar-refractivity contribution is 0.350. The van der Waals surface area contributed by atoms with Gasteiger partial charge in [0.2, 0.25) is 0 Å². The Morgan fingerprint density at radius 1 is 0.387 bits per heavy atom. The summed E-state index contributed by atoms with van der Waals surface area (Å²) in [5.74, 6) is 1.02. The van der Waals surface area contributed by atoms with Crippen LogP contribution in [0.1, 0.15) is 35.1 Å². The zero-order valence-corrected chi connectivity index (χ0v) is 34.4. The summed E-state index contributed by atoms with van der Waals surface area (Å²) in [7, 11) is 0. The first-order valence-corrected chi connectivity index (χ1v) is 22.2. The van der Waals surface area contributed by atoms with Gasteiger partial charge in [-0.1, -0.05) is 127 Å². The van der Waals surface area contributed by atoms with Gasteiger partial charge in [-0.05, 0) is 154 Å². The van der Waals surface area contributed by atoms with Gasteiger partial charge >= 0.3 is 0 Å². The van der Waals surface area contributed by atoms with E-state index in [1.54, 1.807) is 0 Å². The van der Waals surface area contributed by atoms with Crippen LogP contribution in [0.3, 0.4) is 0 Å². The maximum Gasteiger partial charge on any atom is 0.137 e. The summed E-state index contributed by atoms with van der Waals surface area (Å²) < 4.78 is 6.60. The van der Waals surface area contributed by atoms with Crippen molar-refractivity contribution in [3.63, 3.8) is 0 Å². The van der Waals surface area contributed by atoms with E-state index in [2.05, 4.69) is 216 Å². The molecule has 1 saturated carbocycles. The van der Waals surface area contributed by atoms with Gasteiger partial charge < -0.3 is 14.2 Å². The Morgan fingerprint density at radius 3 is 1.60 bits per heavy atom. The van der Waals surface area contributed by atoms with Crippen molar-refractivity contribution in [2.24, 2.45) is 11.8 Å². The molecular formula is C59H44N2O. The molecule has 0 amide bonds. The van der Waals surface area contributed by atoms with E-state index < -0.39 is 0 Å². The molecule has 3 atom stereocenters. The van der Waals surface area contributed by atoms with Gasteiger partial charge in [-0.15, -0.1) is 0 Å². The van der Waals surface area contributed by atoms with Crippen molar-refractivity contribution >= 4 is 66.8 Å². The largest absolute Gasteiger partial charge is 0.456 e. The number of rotatable bonds is 7. The molecule has 1 fully saturated rings. The standard InChI is InChI=1S/C59H44N2O/c1-3-17-47(18-4-1)60(48-19-5-2-6-20-48)53-22-11-15-43-36-45-29-30-46-37-44-16-12-23-54(58(44)59(45,46)57(43)53)61(50-33-34-52-51-21-9-10-24-55(51)62-56(52)38-50)49-31-27-40(28-32-49)42-26-25-39-13-7-8-14-41(39)35-42/h1-28,31-35,38,45-46H,29-30,36-37H2. The van der Waals surface area contributed by atoms with Crippen LogP contribution < -0.4 is 9.80 Å². The Bertz CT molecular complexity index is 3290. The van der Waals surface area contributed by atoms with E-state index in [1.165, 1.54) is 79.7 Å². The van der Waals surface area contributed by atoms with E-state index in [1.807, 2.05) is 0 Å². The molecule has 0 bridgehead atoms. The van der Waals surface area contributed by atoms with Crippen LogP contribution in [0, 0.1) is 11.8 Å². The molecule has 3 aliphatic carbocycles. The first-order chi connectivity index (χ1) is 30.7. The van der Waals surface area contributed by atoms with Crippen LogP contribution >= 0.6 is 0 Å². The van der Waals surface area contributed by atoms with E-state index in [4.69, 9.17) is 4.42 Å². The Balaban J connectivity index is 1.03. The maximum absolute atomic E-state index is 6.60. The molecular weight excluding hydrogens is 753 g/mol. The number of benzene rings is 9. The summed E-state index contributed by atoms with van der Waals surface area (Å²) in [5.41, 5.74) is 17.2. The van der Waals surface area contributed by atoms with E-state index in [9.17, 15) is 0 Å². The monoisotopic (exact) mass is 796 g/mol. The van der Waals surface area contributed by atoms with E-state index in [-0.39, 0.29) is 5.41 Å². The predicted molar refractivity (Wildman–Crippen MR) is 257 cm³/mol. The number of nitrogens with zero attached hydrogens (tertiary/aromatic N) is 2. The second-order valence-corrected chi connectivity index (χ2v) is 17.6.